The molecule has 1 heterocycles. The van der Waals surface area contributed by atoms with E-state index in [0.29, 0.717) is 5.56 Å². The average Bonchev–Trinajstić information content (AvgIpc) is 2.88. The van der Waals surface area contributed by atoms with Crippen molar-refractivity contribution in [1.82, 2.24) is 4.90 Å². The summed E-state index contributed by atoms with van der Waals surface area (Å²) in [4.78, 5) is 38.7. The fourth-order valence-electron chi connectivity index (χ4n) is 4.53. The molecule has 39 heavy (non-hydrogen) atoms. The average molecular weight is 545 g/mol. The van der Waals surface area contributed by atoms with Gasteiger partial charge in [-0.05, 0) is 48.7 Å². The molecule has 0 aliphatic carbocycles. The van der Waals surface area contributed by atoms with Gasteiger partial charge in [0.2, 0.25) is 0 Å². The number of amides is 2. The van der Waals surface area contributed by atoms with Gasteiger partial charge in [-0.25, -0.2) is 4.39 Å². The van der Waals surface area contributed by atoms with Gasteiger partial charge in [-0.1, -0.05) is 30.3 Å². The number of rotatable bonds is 5. The van der Waals surface area contributed by atoms with Crippen molar-refractivity contribution >= 4 is 23.2 Å². The van der Waals surface area contributed by atoms with Crippen molar-refractivity contribution in [1.29, 1.82) is 0 Å². The van der Waals surface area contributed by atoms with Gasteiger partial charge in [0.15, 0.2) is 6.10 Å². The molecule has 0 saturated carbocycles. The monoisotopic (exact) mass is 545 g/mol. The first-order valence-corrected chi connectivity index (χ1v) is 11.8. The van der Waals surface area contributed by atoms with Gasteiger partial charge in [0, 0.05) is 24.4 Å². The molecule has 1 fully saturated rings. The van der Waals surface area contributed by atoms with E-state index in [1.807, 2.05) is 0 Å². The number of non-ortho nitro benzene ring substituents is 1. The van der Waals surface area contributed by atoms with Crippen molar-refractivity contribution in [2.24, 2.45) is 0 Å². The molecule has 12 heteroatoms. The first-order valence-electron chi connectivity index (χ1n) is 11.8. The molecule has 8 nitrogen and oxygen atoms in total. The number of nitro benzene ring substituents is 1. The Bertz CT molecular complexity index is 1410. The Kier molecular flexibility index (Phi) is 7.68. The summed E-state index contributed by atoms with van der Waals surface area (Å²) in [5.74, 6) is -2.35. The quantitative estimate of drug-likeness (QED) is 0.256. The topological polar surface area (TPSA) is 102 Å². The molecule has 204 valence electrons. The standard InChI is InChI=1S/C27H23F4N3O5/c1-15-6-9-18(14-20(15)27(29,30)31)32-25(35)24-23(17-7-10-19(11-8-17)34(37)38)33(12-13-39-24)26(36)22-16(2)4-3-5-21(22)28/h3-11,14,23-24H,12-13H2,1-2H3,(H,32,35). The number of nitro groups is 1. The van der Waals surface area contributed by atoms with Crippen LogP contribution in [0.2, 0.25) is 0 Å². The highest BCUT2D eigenvalue weighted by atomic mass is 19.4. The molecule has 0 aromatic heterocycles. The number of nitrogens with zero attached hydrogens (tertiary/aromatic N) is 2. The van der Waals surface area contributed by atoms with Crippen molar-refractivity contribution < 1.29 is 36.8 Å². The summed E-state index contributed by atoms with van der Waals surface area (Å²) in [7, 11) is 0. The molecule has 0 radical (unpaired) electrons. The van der Waals surface area contributed by atoms with E-state index in [2.05, 4.69) is 5.32 Å². The van der Waals surface area contributed by atoms with Crippen molar-refractivity contribution in [3.8, 4) is 0 Å². The van der Waals surface area contributed by atoms with E-state index >= 15 is 0 Å². The zero-order valence-corrected chi connectivity index (χ0v) is 20.8. The van der Waals surface area contributed by atoms with E-state index in [0.717, 1.165) is 12.1 Å². The summed E-state index contributed by atoms with van der Waals surface area (Å²) in [6.45, 7) is 2.68. The zero-order valence-electron chi connectivity index (χ0n) is 20.8. The summed E-state index contributed by atoms with van der Waals surface area (Å²) >= 11 is 0. The number of anilines is 1. The molecule has 1 saturated heterocycles. The molecule has 2 unspecified atom stereocenters. The number of carbonyl (C=O) groups is 2. The second-order valence-electron chi connectivity index (χ2n) is 9.03. The fourth-order valence-corrected chi connectivity index (χ4v) is 4.53. The largest absolute Gasteiger partial charge is 0.416 e. The first-order chi connectivity index (χ1) is 18.4. The van der Waals surface area contributed by atoms with Gasteiger partial charge in [-0.2, -0.15) is 13.2 Å². The van der Waals surface area contributed by atoms with E-state index in [1.165, 1.54) is 54.3 Å². The summed E-state index contributed by atoms with van der Waals surface area (Å²) in [6, 6.07) is 11.3. The predicted molar refractivity (Wildman–Crippen MR) is 133 cm³/mol. The van der Waals surface area contributed by atoms with Crippen LogP contribution >= 0.6 is 0 Å². The van der Waals surface area contributed by atoms with Gasteiger partial charge < -0.3 is 15.0 Å². The number of morpholine rings is 1. The van der Waals surface area contributed by atoms with Crippen LogP contribution in [0.15, 0.2) is 60.7 Å². The number of halogens is 4. The Morgan fingerprint density at radius 3 is 2.36 bits per heavy atom. The molecule has 1 aliphatic heterocycles. The Labute approximate surface area is 220 Å². The maximum Gasteiger partial charge on any atom is 0.416 e. The van der Waals surface area contributed by atoms with Crippen LogP contribution in [-0.4, -0.2) is 40.9 Å². The van der Waals surface area contributed by atoms with E-state index in [4.69, 9.17) is 4.74 Å². The molecule has 0 spiro atoms. The lowest BCUT2D eigenvalue weighted by molar-refractivity contribution is -0.384. The minimum Gasteiger partial charge on any atom is -0.364 e. The lowest BCUT2D eigenvalue weighted by Gasteiger charge is -2.41. The number of carbonyl (C=O) groups excluding carboxylic acids is 2. The Balaban J connectivity index is 1.73. The van der Waals surface area contributed by atoms with Crippen molar-refractivity contribution in [3.63, 3.8) is 0 Å². The van der Waals surface area contributed by atoms with Crippen LogP contribution < -0.4 is 5.32 Å². The van der Waals surface area contributed by atoms with Gasteiger partial charge in [-0.15, -0.1) is 0 Å². The lowest BCUT2D eigenvalue weighted by atomic mass is 9.95. The van der Waals surface area contributed by atoms with Gasteiger partial charge in [0.25, 0.3) is 17.5 Å². The number of aryl methyl sites for hydroxylation is 2. The third kappa shape index (κ3) is 5.75. The van der Waals surface area contributed by atoms with Crippen LogP contribution in [0.4, 0.5) is 28.9 Å². The highest BCUT2D eigenvalue weighted by Crippen LogP contribution is 2.36. The molecule has 2 amide bonds. The van der Waals surface area contributed by atoms with Crippen molar-refractivity contribution in [3.05, 3.63) is 104 Å². The third-order valence-electron chi connectivity index (χ3n) is 6.46. The zero-order chi connectivity index (χ0) is 28.5. The first kappa shape index (κ1) is 27.7. The molecule has 1 N–H and O–H groups in total. The molecule has 4 rings (SSSR count). The normalized spacial score (nSPS) is 17.5. The third-order valence-corrected chi connectivity index (χ3v) is 6.46. The lowest BCUT2D eigenvalue weighted by Crippen LogP contribution is -2.52. The van der Waals surface area contributed by atoms with Crippen molar-refractivity contribution in [2.45, 2.75) is 32.2 Å². The molecule has 1 aliphatic rings. The van der Waals surface area contributed by atoms with Crippen LogP contribution in [0.1, 0.15) is 38.7 Å². The molecule has 2 atom stereocenters. The van der Waals surface area contributed by atoms with Crippen LogP contribution in [0.25, 0.3) is 0 Å². The summed E-state index contributed by atoms with van der Waals surface area (Å²) in [5, 5.41) is 13.6. The Hall–Kier alpha value is -4.32. The van der Waals surface area contributed by atoms with Crippen LogP contribution in [-0.2, 0) is 15.7 Å². The van der Waals surface area contributed by atoms with E-state index in [1.54, 1.807) is 13.0 Å². The van der Waals surface area contributed by atoms with Crippen LogP contribution in [0.5, 0.6) is 0 Å². The van der Waals surface area contributed by atoms with Crippen LogP contribution in [0.3, 0.4) is 0 Å². The van der Waals surface area contributed by atoms with Crippen molar-refractivity contribution in [2.75, 3.05) is 18.5 Å². The number of benzene rings is 3. The Morgan fingerprint density at radius 1 is 1.05 bits per heavy atom. The van der Waals surface area contributed by atoms with Gasteiger partial charge in [0.1, 0.15) is 5.82 Å². The van der Waals surface area contributed by atoms with Gasteiger partial charge >= 0.3 is 6.18 Å². The maximum absolute atomic E-state index is 14.7. The van der Waals surface area contributed by atoms with Gasteiger partial charge in [0.05, 0.1) is 28.7 Å². The summed E-state index contributed by atoms with van der Waals surface area (Å²) in [6.07, 6.45) is -6.07. The highest BCUT2D eigenvalue weighted by molar-refractivity contribution is 5.99. The molecule has 0 bridgehead atoms. The summed E-state index contributed by atoms with van der Waals surface area (Å²) < 4.78 is 60.6. The van der Waals surface area contributed by atoms with E-state index < -0.39 is 46.4 Å². The highest BCUT2D eigenvalue weighted by Gasteiger charge is 2.42. The summed E-state index contributed by atoms with van der Waals surface area (Å²) in [5.41, 5.74) is -0.911. The molecule has 3 aromatic rings. The van der Waals surface area contributed by atoms with E-state index in [-0.39, 0.29) is 41.2 Å². The van der Waals surface area contributed by atoms with E-state index in [9.17, 15) is 37.3 Å². The number of ether oxygens (including phenoxy) is 1. The number of nitrogens with one attached hydrogen (secondary N) is 1. The predicted octanol–water partition coefficient (Wildman–Crippen LogP) is 5.59. The number of hydrogen-bond acceptors (Lipinski definition) is 5. The van der Waals surface area contributed by atoms with Gasteiger partial charge in [-0.3, -0.25) is 19.7 Å². The number of hydrogen-bond donors (Lipinski definition) is 1. The minimum atomic E-state index is -4.64. The fraction of sp³-hybridized carbons (Fsp3) is 0.259. The van der Waals surface area contributed by atoms with Crippen LogP contribution in [0, 0.1) is 29.8 Å². The smallest absolute Gasteiger partial charge is 0.364 e. The molecular weight excluding hydrogens is 522 g/mol. The second-order valence-corrected chi connectivity index (χ2v) is 9.03. The second kappa shape index (κ2) is 10.8. The Morgan fingerprint density at radius 2 is 1.74 bits per heavy atom. The molecule has 3 aromatic carbocycles. The maximum atomic E-state index is 14.7. The molecular formula is C27H23F4N3O5. The minimum absolute atomic E-state index is 0.0322. The number of alkyl halides is 3. The SMILES string of the molecule is Cc1ccc(NC(=O)C2OCCN(C(=O)c3c(C)cccc3F)C2c2ccc([N+](=O)[O-])cc2)cc1C(F)(F)F.